The number of carboxylic acids is 1. The van der Waals surface area contributed by atoms with Gasteiger partial charge in [0.2, 0.25) is 5.91 Å². The third-order valence-electron chi connectivity index (χ3n) is 6.73. The van der Waals surface area contributed by atoms with Gasteiger partial charge in [-0.2, -0.15) is 0 Å². The van der Waals surface area contributed by atoms with Crippen molar-refractivity contribution in [3.8, 4) is 10.4 Å². The van der Waals surface area contributed by atoms with Crippen molar-refractivity contribution in [2.24, 2.45) is 11.8 Å². The third-order valence-corrected chi connectivity index (χ3v) is 7.89. The number of aromatic carboxylic acids is 1. The number of thiophene rings is 1. The largest absolute Gasteiger partial charge is 0.477 e. The second kappa shape index (κ2) is 11.2. The standard InChI is InChI=1S/C28H32N4O4S/c1-16(2)32(27(34)20-7-5-17(3)6-8-20)23-13-24(37-25(23)28(35)36)19-9-11-21(12-10-19)31-26(33)22-15-29-18(4)14-30-22/h9-17,20H,5-8H2,1-4H3,(H,31,33)(H,35,36). The van der Waals surface area contributed by atoms with E-state index in [1.165, 1.54) is 12.4 Å². The van der Waals surface area contributed by atoms with Gasteiger partial charge in [0.25, 0.3) is 5.91 Å². The summed E-state index contributed by atoms with van der Waals surface area (Å²) in [6.45, 7) is 7.85. The Bertz CT molecular complexity index is 1280. The molecule has 0 saturated heterocycles. The number of hydrogen-bond acceptors (Lipinski definition) is 6. The highest BCUT2D eigenvalue weighted by Crippen LogP contribution is 2.40. The summed E-state index contributed by atoms with van der Waals surface area (Å²) in [6, 6.07) is 8.78. The van der Waals surface area contributed by atoms with E-state index < -0.39 is 5.97 Å². The maximum absolute atomic E-state index is 13.5. The molecular weight excluding hydrogens is 488 g/mol. The Kier molecular flexibility index (Phi) is 8.02. The fourth-order valence-corrected chi connectivity index (χ4v) is 5.63. The van der Waals surface area contributed by atoms with Gasteiger partial charge in [-0.05, 0) is 76.1 Å². The van der Waals surface area contributed by atoms with Gasteiger partial charge in [-0.15, -0.1) is 11.3 Å². The van der Waals surface area contributed by atoms with E-state index in [2.05, 4.69) is 22.2 Å². The van der Waals surface area contributed by atoms with E-state index in [0.717, 1.165) is 53.2 Å². The summed E-state index contributed by atoms with van der Waals surface area (Å²) < 4.78 is 0. The first-order chi connectivity index (χ1) is 17.6. The number of carbonyl (C=O) groups is 3. The second-order valence-corrected chi connectivity index (χ2v) is 11.0. The maximum Gasteiger partial charge on any atom is 0.348 e. The lowest BCUT2D eigenvalue weighted by Gasteiger charge is -2.33. The molecular formula is C28H32N4O4S. The number of rotatable bonds is 7. The summed E-state index contributed by atoms with van der Waals surface area (Å²) in [5, 5.41) is 12.8. The van der Waals surface area contributed by atoms with Crippen molar-refractivity contribution in [3.63, 3.8) is 0 Å². The van der Waals surface area contributed by atoms with Gasteiger partial charge < -0.3 is 15.3 Å². The number of nitrogens with one attached hydrogen (secondary N) is 1. The molecule has 3 aromatic rings. The van der Waals surface area contributed by atoms with Gasteiger partial charge in [-0.1, -0.05) is 19.1 Å². The van der Waals surface area contributed by atoms with Gasteiger partial charge in [0.15, 0.2) is 0 Å². The first-order valence-electron chi connectivity index (χ1n) is 12.5. The van der Waals surface area contributed by atoms with Crippen molar-refractivity contribution in [2.45, 2.75) is 59.4 Å². The Morgan fingerprint density at radius 1 is 1.05 bits per heavy atom. The van der Waals surface area contributed by atoms with Crippen LogP contribution in [0, 0.1) is 18.8 Å². The van der Waals surface area contributed by atoms with Gasteiger partial charge >= 0.3 is 5.97 Å². The molecule has 0 radical (unpaired) electrons. The van der Waals surface area contributed by atoms with Gasteiger partial charge in [0, 0.05) is 28.7 Å². The van der Waals surface area contributed by atoms with Crippen LogP contribution in [0.3, 0.4) is 0 Å². The van der Waals surface area contributed by atoms with Crippen molar-refractivity contribution in [2.75, 3.05) is 10.2 Å². The van der Waals surface area contributed by atoms with E-state index in [0.29, 0.717) is 17.3 Å². The zero-order valence-corrected chi connectivity index (χ0v) is 22.3. The molecule has 2 aromatic heterocycles. The molecule has 1 fully saturated rings. The van der Waals surface area contributed by atoms with Crippen LogP contribution in [0.1, 0.15) is 72.3 Å². The zero-order chi connectivity index (χ0) is 26.7. The van der Waals surface area contributed by atoms with Crippen LogP contribution in [0.4, 0.5) is 11.4 Å². The molecule has 37 heavy (non-hydrogen) atoms. The van der Waals surface area contributed by atoms with E-state index in [1.807, 2.05) is 26.0 Å². The fraction of sp³-hybridized carbons (Fsp3) is 0.393. The van der Waals surface area contributed by atoms with Crippen molar-refractivity contribution in [1.82, 2.24) is 9.97 Å². The Labute approximate surface area is 220 Å². The minimum absolute atomic E-state index is 0.00557. The Morgan fingerprint density at radius 2 is 1.73 bits per heavy atom. The van der Waals surface area contributed by atoms with E-state index in [-0.39, 0.29) is 34.3 Å². The van der Waals surface area contributed by atoms with E-state index in [1.54, 1.807) is 30.0 Å². The summed E-state index contributed by atoms with van der Waals surface area (Å²) in [7, 11) is 0. The molecule has 0 unspecified atom stereocenters. The molecule has 2 N–H and O–H groups in total. The van der Waals surface area contributed by atoms with Crippen molar-refractivity contribution in [1.29, 1.82) is 0 Å². The lowest BCUT2D eigenvalue weighted by Crippen LogP contribution is -2.42. The Morgan fingerprint density at radius 3 is 2.30 bits per heavy atom. The van der Waals surface area contributed by atoms with Gasteiger partial charge in [0.1, 0.15) is 10.6 Å². The lowest BCUT2D eigenvalue weighted by molar-refractivity contribution is -0.123. The highest BCUT2D eigenvalue weighted by atomic mass is 32.1. The van der Waals surface area contributed by atoms with Crippen LogP contribution in [0.2, 0.25) is 0 Å². The molecule has 1 aromatic carbocycles. The zero-order valence-electron chi connectivity index (χ0n) is 21.5. The highest BCUT2D eigenvalue weighted by molar-refractivity contribution is 7.18. The summed E-state index contributed by atoms with van der Waals surface area (Å²) >= 11 is 1.15. The van der Waals surface area contributed by atoms with Crippen molar-refractivity contribution >= 4 is 40.5 Å². The predicted molar refractivity (Wildman–Crippen MR) is 145 cm³/mol. The topological polar surface area (TPSA) is 112 Å². The van der Waals surface area contributed by atoms with Crippen LogP contribution in [-0.4, -0.2) is 38.9 Å². The lowest BCUT2D eigenvalue weighted by atomic mass is 9.82. The predicted octanol–water partition coefficient (Wildman–Crippen LogP) is 6.03. The van der Waals surface area contributed by atoms with Crippen LogP contribution in [0.15, 0.2) is 42.7 Å². The number of anilines is 2. The molecule has 9 heteroatoms. The monoisotopic (exact) mass is 520 g/mol. The Balaban J connectivity index is 1.57. The number of nitrogens with zero attached hydrogens (tertiary/aromatic N) is 3. The van der Waals surface area contributed by atoms with Crippen molar-refractivity contribution < 1.29 is 19.5 Å². The second-order valence-electron chi connectivity index (χ2n) is 9.96. The number of hydrogen-bond donors (Lipinski definition) is 2. The highest BCUT2D eigenvalue weighted by Gasteiger charge is 2.33. The quantitative estimate of drug-likeness (QED) is 0.393. The molecule has 0 spiro atoms. The number of amides is 2. The fourth-order valence-electron chi connectivity index (χ4n) is 4.63. The number of aromatic nitrogens is 2. The molecule has 194 valence electrons. The molecule has 1 aliphatic rings. The first-order valence-corrected chi connectivity index (χ1v) is 13.4. The molecule has 2 heterocycles. The molecule has 0 bridgehead atoms. The molecule has 8 nitrogen and oxygen atoms in total. The van der Waals surface area contributed by atoms with Crippen LogP contribution < -0.4 is 10.2 Å². The minimum atomic E-state index is -1.05. The third kappa shape index (κ3) is 6.05. The summed E-state index contributed by atoms with van der Waals surface area (Å²) in [6.07, 6.45) is 6.67. The van der Waals surface area contributed by atoms with E-state index in [4.69, 9.17) is 0 Å². The van der Waals surface area contributed by atoms with E-state index >= 15 is 0 Å². The number of benzene rings is 1. The summed E-state index contributed by atoms with van der Waals surface area (Å²) in [5.41, 5.74) is 2.77. The SMILES string of the molecule is Cc1cnc(C(=O)Nc2ccc(-c3cc(N(C(=O)C4CCC(C)CC4)C(C)C)c(C(=O)O)s3)cc2)cn1. The van der Waals surface area contributed by atoms with Gasteiger partial charge in [-0.3, -0.25) is 14.6 Å². The average molecular weight is 521 g/mol. The Hall–Kier alpha value is -3.59. The normalized spacial score (nSPS) is 17.4. The number of aryl methyl sites for hydroxylation is 1. The van der Waals surface area contributed by atoms with Crippen LogP contribution >= 0.6 is 11.3 Å². The summed E-state index contributed by atoms with van der Waals surface area (Å²) in [5.74, 6) is -0.868. The van der Waals surface area contributed by atoms with E-state index in [9.17, 15) is 19.5 Å². The molecule has 4 rings (SSSR count). The van der Waals surface area contributed by atoms with Crippen molar-refractivity contribution in [3.05, 3.63) is 59.0 Å². The van der Waals surface area contributed by atoms with Crippen LogP contribution in [-0.2, 0) is 4.79 Å². The molecule has 0 aliphatic heterocycles. The van der Waals surface area contributed by atoms with Gasteiger partial charge in [0.05, 0.1) is 17.6 Å². The molecule has 0 atom stereocenters. The van der Waals surface area contributed by atoms with Crippen LogP contribution in [0.25, 0.3) is 10.4 Å². The average Bonchev–Trinajstić information content (AvgIpc) is 3.30. The minimum Gasteiger partial charge on any atom is -0.477 e. The van der Waals surface area contributed by atoms with Crippen LogP contribution in [0.5, 0.6) is 0 Å². The molecule has 1 saturated carbocycles. The van der Waals surface area contributed by atoms with Gasteiger partial charge in [-0.25, -0.2) is 9.78 Å². The first kappa shape index (κ1) is 26.5. The number of carboxylic acid groups (broad SMARTS) is 1. The molecule has 1 aliphatic carbocycles. The smallest absolute Gasteiger partial charge is 0.348 e. The maximum atomic E-state index is 13.5. The molecule has 2 amide bonds. The number of carbonyl (C=O) groups excluding carboxylic acids is 2. The summed E-state index contributed by atoms with van der Waals surface area (Å²) in [4.78, 5) is 48.9.